The van der Waals surface area contributed by atoms with Crippen LogP contribution in [0.15, 0.2) is 42.5 Å². The smallest absolute Gasteiger partial charge is 0.326 e. The third-order valence-electron chi connectivity index (χ3n) is 6.57. The fourth-order valence-electron chi connectivity index (χ4n) is 4.56. The number of carboxylic acid groups (broad SMARTS) is 1. The first-order valence-electron chi connectivity index (χ1n) is 12.0. The van der Waals surface area contributed by atoms with Gasteiger partial charge in [0, 0.05) is 12.1 Å². The fraction of sp³-hybridized carbons (Fsp3) is 0.385. The molecule has 0 aliphatic heterocycles. The molecule has 11 heteroatoms. The van der Waals surface area contributed by atoms with Crippen molar-refractivity contribution in [2.24, 2.45) is 11.1 Å². The number of anilines is 1. The highest BCUT2D eigenvalue weighted by atomic mass is 35.5. The van der Waals surface area contributed by atoms with E-state index in [0.717, 1.165) is 12.8 Å². The third-order valence-corrected chi connectivity index (χ3v) is 7.20. The maximum absolute atomic E-state index is 13.2. The van der Waals surface area contributed by atoms with Crippen molar-refractivity contribution >= 4 is 52.6 Å². The predicted molar refractivity (Wildman–Crippen MR) is 142 cm³/mol. The summed E-state index contributed by atoms with van der Waals surface area (Å²) in [7, 11) is 0. The number of amides is 3. The summed E-state index contributed by atoms with van der Waals surface area (Å²) in [6, 6.07) is 10.3. The van der Waals surface area contributed by atoms with Gasteiger partial charge in [-0.2, -0.15) is 0 Å². The van der Waals surface area contributed by atoms with E-state index in [0.29, 0.717) is 37.1 Å². The molecule has 9 nitrogen and oxygen atoms in total. The first-order valence-corrected chi connectivity index (χ1v) is 12.7. The Morgan fingerprint density at radius 1 is 1.00 bits per heavy atom. The second-order valence-electron chi connectivity index (χ2n) is 9.20. The van der Waals surface area contributed by atoms with Gasteiger partial charge >= 0.3 is 5.97 Å². The van der Waals surface area contributed by atoms with Gasteiger partial charge in [-0.05, 0) is 55.6 Å². The van der Waals surface area contributed by atoms with Crippen molar-refractivity contribution in [1.82, 2.24) is 10.6 Å². The first kappa shape index (κ1) is 28.4. The molecule has 0 radical (unpaired) electrons. The Labute approximate surface area is 225 Å². The van der Waals surface area contributed by atoms with Gasteiger partial charge in [-0.15, -0.1) is 0 Å². The van der Waals surface area contributed by atoms with E-state index < -0.39 is 29.2 Å². The van der Waals surface area contributed by atoms with Gasteiger partial charge in [0.15, 0.2) is 0 Å². The number of hydrogen-bond acceptors (Lipinski definition) is 5. The third kappa shape index (κ3) is 7.67. The number of primary amides is 1. The minimum absolute atomic E-state index is 0.0251. The Morgan fingerprint density at radius 3 is 2.19 bits per heavy atom. The maximum Gasteiger partial charge on any atom is 0.326 e. The van der Waals surface area contributed by atoms with Gasteiger partial charge < -0.3 is 26.8 Å². The summed E-state index contributed by atoms with van der Waals surface area (Å²) in [5, 5.41) is 18.6. The summed E-state index contributed by atoms with van der Waals surface area (Å²) >= 11 is 12.2. The molecule has 1 atom stereocenters. The standard InChI is InChI=1S/C26H30Cl2N4O5/c27-18-4-3-5-19(28)22(18)23(34)31-17-8-6-16(7-9-17)14-20(24(35)36)32-25(37)26(10-1-2-11-26)12-13-30-15-21(29)33/h3-9,20,30H,1-2,10-15H2,(H2,29,33)(H,31,34)(H,32,37)(H,35,36)/t20-/m0/s1. The lowest BCUT2D eigenvalue weighted by Gasteiger charge is -2.29. The van der Waals surface area contributed by atoms with Crippen LogP contribution in [0.2, 0.25) is 10.0 Å². The van der Waals surface area contributed by atoms with E-state index in [9.17, 15) is 24.3 Å². The summed E-state index contributed by atoms with van der Waals surface area (Å²) < 4.78 is 0. The van der Waals surface area contributed by atoms with Crippen LogP contribution in [-0.4, -0.2) is 47.9 Å². The molecule has 6 N–H and O–H groups in total. The quantitative estimate of drug-likeness (QED) is 0.256. The molecule has 1 aliphatic rings. The number of aliphatic carboxylic acids is 1. The van der Waals surface area contributed by atoms with E-state index in [1.54, 1.807) is 42.5 Å². The highest BCUT2D eigenvalue weighted by Crippen LogP contribution is 2.41. The molecule has 2 aromatic rings. The summed E-state index contributed by atoms with van der Waals surface area (Å²) in [6.07, 6.45) is 3.64. The van der Waals surface area contributed by atoms with Gasteiger partial charge in [0.25, 0.3) is 5.91 Å². The topological polar surface area (TPSA) is 151 Å². The van der Waals surface area contributed by atoms with Crippen LogP contribution in [0.25, 0.3) is 0 Å². The summed E-state index contributed by atoms with van der Waals surface area (Å²) in [5.74, 6) is -2.38. The van der Waals surface area contributed by atoms with E-state index in [1.165, 1.54) is 0 Å². The zero-order valence-electron chi connectivity index (χ0n) is 20.2. The molecule has 3 rings (SSSR count). The highest BCUT2D eigenvalue weighted by Gasteiger charge is 2.41. The molecule has 1 saturated carbocycles. The predicted octanol–water partition coefficient (Wildman–Crippen LogP) is 3.38. The fourth-order valence-corrected chi connectivity index (χ4v) is 5.13. The molecule has 2 aromatic carbocycles. The molecule has 0 bridgehead atoms. The summed E-state index contributed by atoms with van der Waals surface area (Å²) in [6.45, 7) is 0.456. The zero-order valence-corrected chi connectivity index (χ0v) is 21.7. The van der Waals surface area contributed by atoms with Crippen LogP contribution in [0.4, 0.5) is 5.69 Å². The SMILES string of the molecule is NC(=O)CNCCC1(C(=O)N[C@@H](Cc2ccc(NC(=O)c3c(Cl)cccc3Cl)cc2)C(=O)O)CCCC1. The molecule has 198 valence electrons. The van der Waals surface area contributed by atoms with Crippen LogP contribution >= 0.6 is 23.2 Å². The van der Waals surface area contributed by atoms with Gasteiger partial charge in [-0.1, -0.05) is 54.2 Å². The highest BCUT2D eigenvalue weighted by molar-refractivity contribution is 6.40. The Hall–Kier alpha value is -3.14. The van der Waals surface area contributed by atoms with Crippen LogP contribution in [0.1, 0.15) is 48.0 Å². The molecule has 1 aliphatic carbocycles. The van der Waals surface area contributed by atoms with E-state index in [2.05, 4.69) is 16.0 Å². The van der Waals surface area contributed by atoms with E-state index in [-0.39, 0.29) is 34.5 Å². The second kappa shape index (κ2) is 12.9. The van der Waals surface area contributed by atoms with E-state index in [4.69, 9.17) is 28.9 Å². The van der Waals surface area contributed by atoms with Gasteiger partial charge in [-0.3, -0.25) is 14.4 Å². The van der Waals surface area contributed by atoms with Crippen molar-refractivity contribution < 1.29 is 24.3 Å². The Bertz CT molecular complexity index is 1130. The summed E-state index contributed by atoms with van der Waals surface area (Å²) in [5.41, 5.74) is 5.79. The molecular weight excluding hydrogens is 519 g/mol. The number of nitrogens with two attached hydrogens (primary N) is 1. The lowest BCUT2D eigenvalue weighted by atomic mass is 9.81. The van der Waals surface area contributed by atoms with Gasteiger partial charge in [0.05, 0.1) is 27.6 Å². The molecule has 37 heavy (non-hydrogen) atoms. The first-order chi connectivity index (χ1) is 17.6. The van der Waals surface area contributed by atoms with Crippen molar-refractivity contribution in [2.75, 3.05) is 18.4 Å². The second-order valence-corrected chi connectivity index (χ2v) is 10.0. The Morgan fingerprint density at radius 2 is 1.62 bits per heavy atom. The molecule has 0 heterocycles. The molecule has 0 saturated heterocycles. The largest absolute Gasteiger partial charge is 0.480 e. The molecule has 1 fully saturated rings. The van der Waals surface area contributed by atoms with Gasteiger partial charge in [-0.25, -0.2) is 4.79 Å². The Kier molecular flexibility index (Phi) is 9.91. The van der Waals surface area contributed by atoms with Gasteiger partial charge in [0.2, 0.25) is 11.8 Å². The minimum Gasteiger partial charge on any atom is -0.480 e. The number of rotatable bonds is 12. The number of carbonyl (C=O) groups excluding carboxylic acids is 3. The Balaban J connectivity index is 1.62. The van der Waals surface area contributed by atoms with Crippen molar-refractivity contribution in [2.45, 2.75) is 44.6 Å². The van der Waals surface area contributed by atoms with Crippen molar-refractivity contribution in [3.8, 4) is 0 Å². The molecule has 0 unspecified atom stereocenters. The average molecular weight is 549 g/mol. The average Bonchev–Trinajstić information content (AvgIpc) is 3.32. The van der Waals surface area contributed by atoms with E-state index in [1.807, 2.05) is 0 Å². The normalized spacial score (nSPS) is 15.1. The number of carbonyl (C=O) groups is 4. The van der Waals surface area contributed by atoms with Crippen LogP contribution in [0.5, 0.6) is 0 Å². The van der Waals surface area contributed by atoms with Crippen LogP contribution in [-0.2, 0) is 20.8 Å². The monoisotopic (exact) mass is 548 g/mol. The molecular formula is C26H30Cl2N4O5. The zero-order chi connectivity index (χ0) is 27.0. The number of benzene rings is 2. The van der Waals surface area contributed by atoms with Crippen LogP contribution < -0.4 is 21.7 Å². The van der Waals surface area contributed by atoms with Crippen LogP contribution in [0, 0.1) is 5.41 Å². The molecule has 3 amide bonds. The number of nitrogens with one attached hydrogen (secondary N) is 3. The number of halogens is 2. The van der Waals surface area contributed by atoms with Crippen molar-refractivity contribution in [3.63, 3.8) is 0 Å². The van der Waals surface area contributed by atoms with Crippen molar-refractivity contribution in [1.29, 1.82) is 0 Å². The van der Waals surface area contributed by atoms with Crippen LogP contribution in [0.3, 0.4) is 0 Å². The lowest BCUT2D eigenvalue weighted by Crippen LogP contribution is -2.49. The lowest BCUT2D eigenvalue weighted by molar-refractivity contribution is -0.144. The van der Waals surface area contributed by atoms with Crippen molar-refractivity contribution in [3.05, 3.63) is 63.6 Å². The molecule has 0 aromatic heterocycles. The minimum atomic E-state index is -1.14. The number of carboxylic acids is 1. The maximum atomic E-state index is 13.2. The molecule has 0 spiro atoms. The van der Waals surface area contributed by atoms with Gasteiger partial charge in [0.1, 0.15) is 6.04 Å². The van der Waals surface area contributed by atoms with E-state index >= 15 is 0 Å². The summed E-state index contributed by atoms with van der Waals surface area (Å²) in [4.78, 5) is 48.7. The number of hydrogen-bond donors (Lipinski definition) is 5.